The van der Waals surface area contributed by atoms with Crippen molar-refractivity contribution in [2.75, 3.05) is 35.6 Å². The van der Waals surface area contributed by atoms with E-state index in [-0.39, 0.29) is 39.4 Å². The Balaban J connectivity index is 1.07. The number of piperidine rings is 1. The highest BCUT2D eigenvalue weighted by Gasteiger charge is 2.37. The summed E-state index contributed by atoms with van der Waals surface area (Å²) >= 11 is 0.631. The number of carbonyl (C=O) groups is 2. The molecule has 2 aliphatic rings. The minimum absolute atomic E-state index is 0.0219. The Morgan fingerprint density at radius 3 is 2.60 bits per heavy atom. The number of carboxylic acids is 1. The summed E-state index contributed by atoms with van der Waals surface area (Å²) in [5.41, 5.74) is 8.34. The van der Waals surface area contributed by atoms with Gasteiger partial charge in [0.05, 0.1) is 23.4 Å². The molecule has 1 aromatic carbocycles. The number of carboxylic acid groups (broad SMARTS) is 1. The van der Waals surface area contributed by atoms with Crippen molar-refractivity contribution in [1.82, 2.24) is 15.3 Å². The Morgan fingerprint density at radius 1 is 1.19 bits per heavy atom. The highest BCUT2D eigenvalue weighted by molar-refractivity contribution is 7.21. The van der Waals surface area contributed by atoms with E-state index in [1.165, 1.54) is 0 Å². The van der Waals surface area contributed by atoms with Crippen LogP contribution in [0.2, 0.25) is 0 Å². The van der Waals surface area contributed by atoms with E-state index in [1.54, 1.807) is 17.2 Å². The number of nitrogens with zero attached hydrogens (tertiary/aromatic N) is 3. The number of nitrogens with one attached hydrogen (secondary N) is 2. The predicted molar refractivity (Wildman–Crippen MR) is 156 cm³/mol. The van der Waals surface area contributed by atoms with Crippen LogP contribution in [-0.2, 0) is 17.4 Å². The molecule has 43 heavy (non-hydrogen) atoms. The molecule has 3 aromatic heterocycles. The first-order valence-corrected chi connectivity index (χ1v) is 14.4. The van der Waals surface area contributed by atoms with Gasteiger partial charge in [-0.3, -0.25) is 9.78 Å². The highest BCUT2D eigenvalue weighted by Crippen LogP contribution is 2.43. The fraction of sp³-hybridized carbons (Fsp3) is 0.310. The number of nitrogen functional groups attached to an aromatic ring is 1. The van der Waals surface area contributed by atoms with Crippen molar-refractivity contribution in [3.05, 3.63) is 64.3 Å². The lowest BCUT2D eigenvalue weighted by atomic mass is 10.0. The Labute approximate surface area is 247 Å². The molecular formula is C29H27F3N6O4S. The van der Waals surface area contributed by atoms with Gasteiger partial charge in [0.1, 0.15) is 21.6 Å². The van der Waals surface area contributed by atoms with E-state index < -0.39 is 29.5 Å². The molecule has 10 nitrogen and oxygen atoms in total. The van der Waals surface area contributed by atoms with Gasteiger partial charge < -0.3 is 31.5 Å². The van der Waals surface area contributed by atoms with Crippen molar-refractivity contribution in [2.45, 2.75) is 37.6 Å². The summed E-state index contributed by atoms with van der Waals surface area (Å²) in [4.78, 5) is 33.2. The Morgan fingerprint density at radius 2 is 1.93 bits per heavy atom. The summed E-state index contributed by atoms with van der Waals surface area (Å²) in [6.07, 6.45) is -2.35. The zero-order valence-corrected chi connectivity index (χ0v) is 23.4. The fourth-order valence-electron chi connectivity index (χ4n) is 5.52. The zero-order valence-electron chi connectivity index (χ0n) is 22.6. The lowest BCUT2D eigenvalue weighted by Gasteiger charge is -2.34. The molecule has 0 spiro atoms. The van der Waals surface area contributed by atoms with Gasteiger partial charge in [0, 0.05) is 48.5 Å². The van der Waals surface area contributed by atoms with Crippen LogP contribution in [0.25, 0.3) is 21.3 Å². The quantitative estimate of drug-likeness (QED) is 0.204. The molecule has 5 heterocycles. The summed E-state index contributed by atoms with van der Waals surface area (Å²) in [5, 5.41) is 25.8. The molecule has 0 aliphatic carbocycles. The van der Waals surface area contributed by atoms with Gasteiger partial charge in [0.2, 0.25) is 5.91 Å². The second kappa shape index (κ2) is 11.1. The number of benzene rings is 1. The number of aromatic carboxylic acids is 1. The molecule has 1 saturated heterocycles. The number of pyridine rings is 2. The molecule has 1 fully saturated rings. The highest BCUT2D eigenvalue weighted by atomic mass is 32.1. The Bertz CT molecular complexity index is 1720. The molecule has 14 heteroatoms. The predicted octanol–water partition coefficient (Wildman–Crippen LogP) is 4.44. The number of alkyl halides is 3. The van der Waals surface area contributed by atoms with Crippen molar-refractivity contribution in [3.63, 3.8) is 0 Å². The van der Waals surface area contributed by atoms with Crippen LogP contribution in [0.1, 0.15) is 45.4 Å². The molecule has 2 aliphatic heterocycles. The molecule has 1 atom stereocenters. The fourth-order valence-corrected chi connectivity index (χ4v) is 6.47. The lowest BCUT2D eigenvalue weighted by molar-refractivity contribution is -0.136. The number of halogens is 3. The molecule has 6 N–H and O–H groups in total. The smallest absolute Gasteiger partial charge is 0.417 e. The Kier molecular flexibility index (Phi) is 7.44. The minimum atomic E-state index is -4.73. The summed E-state index contributed by atoms with van der Waals surface area (Å²) in [7, 11) is 0. The maximum absolute atomic E-state index is 13.9. The monoisotopic (exact) mass is 612 g/mol. The van der Waals surface area contributed by atoms with Crippen molar-refractivity contribution in [1.29, 1.82) is 0 Å². The SMILES string of the molecule is Nc1c(C(=O)O)sc2nc(N3CCC(NCC(O)c4ccc(-c5ccc6c(c5)NC(=O)C6)cn4)CC3)cc(C(F)(F)F)c12. The maximum atomic E-state index is 13.9. The van der Waals surface area contributed by atoms with Crippen LogP contribution in [0, 0.1) is 0 Å². The van der Waals surface area contributed by atoms with Gasteiger partial charge in [0.15, 0.2) is 0 Å². The van der Waals surface area contributed by atoms with Crippen LogP contribution in [0.5, 0.6) is 0 Å². The van der Waals surface area contributed by atoms with Crippen molar-refractivity contribution in [3.8, 4) is 11.1 Å². The van der Waals surface area contributed by atoms with Crippen LogP contribution < -0.4 is 21.3 Å². The van der Waals surface area contributed by atoms with E-state index in [1.807, 2.05) is 24.3 Å². The maximum Gasteiger partial charge on any atom is 0.417 e. The summed E-state index contributed by atoms with van der Waals surface area (Å²) in [5.74, 6) is -1.31. The number of aliphatic hydroxyl groups excluding tert-OH is 1. The standard InChI is InChI=1S/C29H27F3N6O4S/c30-29(31,32)18-11-22(37-27-24(18)25(33)26(43-27)28(41)42)38-7-5-17(6-8-38)34-13-21(39)19-4-3-16(12-35-19)14-1-2-15-10-23(40)36-20(15)9-14/h1-4,9,11-12,17,21,34,39H,5-8,10,13,33H2,(H,36,40)(H,41,42). The topological polar surface area (TPSA) is 154 Å². The molecule has 224 valence electrons. The van der Waals surface area contributed by atoms with Gasteiger partial charge in [-0.1, -0.05) is 18.2 Å². The van der Waals surface area contributed by atoms with Gasteiger partial charge >= 0.3 is 12.1 Å². The zero-order chi connectivity index (χ0) is 30.5. The first-order chi connectivity index (χ1) is 20.5. The summed E-state index contributed by atoms with van der Waals surface area (Å²) in [6.45, 7) is 1.09. The molecule has 0 radical (unpaired) electrons. The van der Waals surface area contributed by atoms with Gasteiger partial charge in [-0.15, -0.1) is 11.3 Å². The molecular weight excluding hydrogens is 585 g/mol. The number of rotatable bonds is 7. The average molecular weight is 613 g/mol. The summed E-state index contributed by atoms with van der Waals surface area (Å²) in [6, 6.07) is 10.3. The minimum Gasteiger partial charge on any atom is -0.477 e. The number of fused-ring (bicyclic) bond motifs is 2. The number of aliphatic hydroxyl groups is 1. The van der Waals surface area contributed by atoms with Gasteiger partial charge in [-0.25, -0.2) is 9.78 Å². The van der Waals surface area contributed by atoms with Gasteiger partial charge in [-0.2, -0.15) is 13.2 Å². The third-order valence-corrected chi connectivity index (χ3v) is 8.89. The van der Waals surface area contributed by atoms with E-state index in [0.29, 0.717) is 49.4 Å². The van der Waals surface area contributed by atoms with Crippen molar-refractivity contribution < 1.29 is 33.0 Å². The number of thiophene rings is 1. The number of carbonyl (C=O) groups excluding carboxylic acids is 1. The van der Waals surface area contributed by atoms with E-state index in [4.69, 9.17) is 5.73 Å². The first kappa shape index (κ1) is 28.8. The largest absolute Gasteiger partial charge is 0.477 e. The Hall–Kier alpha value is -4.27. The van der Waals surface area contributed by atoms with E-state index in [9.17, 15) is 33.0 Å². The molecule has 6 rings (SSSR count). The van der Waals surface area contributed by atoms with Crippen LogP contribution >= 0.6 is 11.3 Å². The number of hydrogen-bond acceptors (Lipinski definition) is 9. The van der Waals surface area contributed by atoms with E-state index in [2.05, 4.69) is 20.6 Å². The second-order valence-corrected chi connectivity index (χ2v) is 11.6. The van der Waals surface area contributed by atoms with Crippen molar-refractivity contribution in [2.24, 2.45) is 0 Å². The third-order valence-electron chi connectivity index (χ3n) is 7.80. The number of hydrogen-bond donors (Lipinski definition) is 5. The summed E-state index contributed by atoms with van der Waals surface area (Å²) < 4.78 is 41.7. The van der Waals surface area contributed by atoms with Crippen LogP contribution in [0.4, 0.5) is 30.4 Å². The normalized spacial score (nSPS) is 16.4. The number of aromatic nitrogens is 2. The third kappa shape index (κ3) is 5.72. The van der Waals surface area contributed by atoms with E-state index in [0.717, 1.165) is 28.4 Å². The molecule has 4 aromatic rings. The van der Waals surface area contributed by atoms with Crippen LogP contribution in [0.15, 0.2) is 42.6 Å². The number of anilines is 3. The first-order valence-electron chi connectivity index (χ1n) is 13.6. The lowest BCUT2D eigenvalue weighted by Crippen LogP contribution is -2.44. The second-order valence-electron chi connectivity index (χ2n) is 10.6. The van der Waals surface area contributed by atoms with Crippen LogP contribution in [0.3, 0.4) is 0 Å². The molecule has 0 saturated carbocycles. The number of nitrogens with two attached hydrogens (primary N) is 1. The van der Waals surface area contributed by atoms with Crippen LogP contribution in [-0.4, -0.2) is 57.7 Å². The molecule has 0 bridgehead atoms. The van der Waals surface area contributed by atoms with E-state index >= 15 is 0 Å². The average Bonchev–Trinajstić information content (AvgIpc) is 3.53. The van der Waals surface area contributed by atoms with Crippen molar-refractivity contribution >= 4 is 50.6 Å². The number of amides is 1. The molecule has 1 unspecified atom stereocenters. The van der Waals surface area contributed by atoms with Gasteiger partial charge in [-0.05, 0) is 42.2 Å². The molecule has 1 amide bonds. The van der Waals surface area contributed by atoms with Gasteiger partial charge in [0.25, 0.3) is 0 Å².